The molecule has 0 aromatic carbocycles. The van der Waals surface area contributed by atoms with E-state index < -0.39 is 0 Å². The lowest BCUT2D eigenvalue weighted by molar-refractivity contribution is -0.143. The highest BCUT2D eigenvalue weighted by Crippen LogP contribution is 2.13. The van der Waals surface area contributed by atoms with Gasteiger partial charge in [0.2, 0.25) is 11.8 Å². The number of hydrogen-bond acceptors (Lipinski definition) is 2. The van der Waals surface area contributed by atoms with E-state index in [1.807, 2.05) is 24.3 Å². The summed E-state index contributed by atoms with van der Waals surface area (Å²) in [7, 11) is 1.51. The van der Waals surface area contributed by atoms with Gasteiger partial charge in [0.15, 0.2) is 0 Å². The van der Waals surface area contributed by atoms with Gasteiger partial charge in [0.1, 0.15) is 0 Å². The minimum atomic E-state index is -0.215. The topological polar surface area (TPSA) is 37.4 Å². The molecule has 0 saturated heterocycles. The van der Waals surface area contributed by atoms with Gasteiger partial charge in [-0.25, -0.2) is 0 Å². The Balaban J connectivity index is 2.62. The summed E-state index contributed by atoms with van der Waals surface area (Å²) in [5, 5.41) is 0. The zero-order chi connectivity index (χ0) is 9.84. The van der Waals surface area contributed by atoms with Crippen LogP contribution in [0.15, 0.2) is 24.3 Å². The average Bonchev–Trinajstić information content (AvgIpc) is 2.17. The highest BCUT2D eigenvalue weighted by atomic mass is 16.2. The Bertz CT molecular complexity index is 279. The van der Waals surface area contributed by atoms with Crippen LogP contribution in [0, 0.1) is 5.92 Å². The Labute approximate surface area is 77.7 Å². The summed E-state index contributed by atoms with van der Waals surface area (Å²) in [5.74, 6) is -0.514. The molecule has 2 amide bonds. The molecule has 0 bridgehead atoms. The number of hydrogen-bond donors (Lipinski definition) is 0. The van der Waals surface area contributed by atoms with Crippen molar-refractivity contribution in [2.45, 2.75) is 13.3 Å². The van der Waals surface area contributed by atoms with E-state index in [1.165, 1.54) is 14.0 Å². The summed E-state index contributed by atoms with van der Waals surface area (Å²) in [6.07, 6.45) is 8.17. The molecule has 0 N–H and O–H groups in total. The SMILES string of the molecule is CC(=O)N(C)C(=O)C1C=CC=CC1. The number of amides is 2. The van der Waals surface area contributed by atoms with Crippen LogP contribution in [0.1, 0.15) is 13.3 Å². The first-order chi connectivity index (χ1) is 6.13. The molecule has 0 aliphatic heterocycles. The van der Waals surface area contributed by atoms with Crippen molar-refractivity contribution in [2.24, 2.45) is 5.92 Å². The fraction of sp³-hybridized carbons (Fsp3) is 0.400. The molecular weight excluding hydrogens is 166 g/mol. The van der Waals surface area contributed by atoms with Crippen molar-refractivity contribution >= 4 is 11.8 Å². The summed E-state index contributed by atoms with van der Waals surface area (Å²) in [6, 6.07) is 0. The van der Waals surface area contributed by atoms with Gasteiger partial charge in [-0.05, 0) is 6.42 Å². The third-order valence-corrected chi connectivity index (χ3v) is 2.10. The zero-order valence-corrected chi connectivity index (χ0v) is 7.86. The monoisotopic (exact) mass is 179 g/mol. The molecule has 0 aromatic heterocycles. The fourth-order valence-electron chi connectivity index (χ4n) is 1.17. The minimum Gasteiger partial charge on any atom is -0.285 e. The summed E-state index contributed by atoms with van der Waals surface area (Å²) < 4.78 is 0. The van der Waals surface area contributed by atoms with Gasteiger partial charge >= 0.3 is 0 Å². The Morgan fingerprint density at radius 1 is 1.38 bits per heavy atom. The second-order valence-corrected chi connectivity index (χ2v) is 3.07. The Morgan fingerprint density at radius 2 is 2.08 bits per heavy atom. The molecule has 70 valence electrons. The Morgan fingerprint density at radius 3 is 2.54 bits per heavy atom. The van der Waals surface area contributed by atoms with Gasteiger partial charge in [-0.3, -0.25) is 14.5 Å². The maximum Gasteiger partial charge on any atom is 0.236 e. The van der Waals surface area contributed by atoms with Crippen LogP contribution in [0.25, 0.3) is 0 Å². The van der Waals surface area contributed by atoms with Crippen LogP contribution in [-0.4, -0.2) is 23.8 Å². The zero-order valence-electron chi connectivity index (χ0n) is 7.86. The van der Waals surface area contributed by atoms with Crippen LogP contribution >= 0.6 is 0 Å². The molecule has 0 aromatic rings. The van der Waals surface area contributed by atoms with Crippen molar-refractivity contribution < 1.29 is 9.59 Å². The van der Waals surface area contributed by atoms with Crippen LogP contribution in [0.3, 0.4) is 0 Å². The Kier molecular flexibility index (Phi) is 3.01. The molecule has 0 radical (unpaired) electrons. The number of nitrogens with zero attached hydrogens (tertiary/aromatic N) is 1. The van der Waals surface area contributed by atoms with E-state index in [-0.39, 0.29) is 17.7 Å². The maximum absolute atomic E-state index is 11.6. The van der Waals surface area contributed by atoms with E-state index >= 15 is 0 Å². The molecule has 1 rings (SSSR count). The molecule has 0 saturated carbocycles. The highest BCUT2D eigenvalue weighted by molar-refractivity contribution is 5.95. The number of allylic oxidation sites excluding steroid dienone is 3. The predicted molar refractivity (Wildman–Crippen MR) is 49.8 cm³/mol. The number of carbonyl (C=O) groups excluding carboxylic acids is 2. The highest BCUT2D eigenvalue weighted by Gasteiger charge is 2.21. The maximum atomic E-state index is 11.6. The van der Waals surface area contributed by atoms with Gasteiger partial charge in [0.05, 0.1) is 5.92 Å². The lowest BCUT2D eigenvalue weighted by atomic mass is 9.99. The van der Waals surface area contributed by atoms with Crippen LogP contribution in [0.4, 0.5) is 0 Å². The van der Waals surface area contributed by atoms with E-state index in [4.69, 9.17) is 0 Å². The van der Waals surface area contributed by atoms with E-state index in [9.17, 15) is 9.59 Å². The molecule has 0 fully saturated rings. The van der Waals surface area contributed by atoms with Crippen molar-refractivity contribution in [2.75, 3.05) is 7.05 Å². The largest absolute Gasteiger partial charge is 0.285 e. The van der Waals surface area contributed by atoms with Crippen molar-refractivity contribution in [3.8, 4) is 0 Å². The van der Waals surface area contributed by atoms with Crippen molar-refractivity contribution in [1.82, 2.24) is 4.90 Å². The number of imide groups is 1. The first-order valence-electron chi connectivity index (χ1n) is 4.24. The smallest absolute Gasteiger partial charge is 0.236 e. The fourth-order valence-corrected chi connectivity index (χ4v) is 1.17. The van der Waals surface area contributed by atoms with Gasteiger partial charge in [0.25, 0.3) is 0 Å². The Hall–Kier alpha value is -1.38. The van der Waals surface area contributed by atoms with Crippen LogP contribution < -0.4 is 0 Å². The number of carbonyl (C=O) groups is 2. The van der Waals surface area contributed by atoms with Crippen LogP contribution in [0.5, 0.6) is 0 Å². The second-order valence-electron chi connectivity index (χ2n) is 3.07. The molecule has 1 atom stereocenters. The van der Waals surface area contributed by atoms with Gasteiger partial charge in [-0.15, -0.1) is 0 Å². The second kappa shape index (κ2) is 4.03. The molecule has 3 nitrogen and oxygen atoms in total. The van der Waals surface area contributed by atoms with E-state index in [2.05, 4.69) is 0 Å². The van der Waals surface area contributed by atoms with Crippen LogP contribution in [-0.2, 0) is 9.59 Å². The van der Waals surface area contributed by atoms with E-state index in [0.29, 0.717) is 6.42 Å². The van der Waals surface area contributed by atoms with E-state index in [1.54, 1.807) is 0 Å². The van der Waals surface area contributed by atoms with Crippen molar-refractivity contribution in [1.29, 1.82) is 0 Å². The lowest BCUT2D eigenvalue weighted by Crippen LogP contribution is -2.35. The van der Waals surface area contributed by atoms with Gasteiger partial charge in [0, 0.05) is 14.0 Å². The summed E-state index contributed by atoms with van der Waals surface area (Å²) >= 11 is 0. The lowest BCUT2D eigenvalue weighted by Gasteiger charge is -2.18. The molecule has 1 aliphatic rings. The minimum absolute atomic E-state index is 0.131. The van der Waals surface area contributed by atoms with Crippen molar-refractivity contribution in [3.63, 3.8) is 0 Å². The normalized spacial score (nSPS) is 20.0. The molecule has 0 heterocycles. The molecular formula is C10H13NO2. The molecule has 1 aliphatic carbocycles. The third-order valence-electron chi connectivity index (χ3n) is 2.10. The van der Waals surface area contributed by atoms with Gasteiger partial charge < -0.3 is 0 Å². The third kappa shape index (κ3) is 2.28. The summed E-state index contributed by atoms with van der Waals surface area (Å²) in [6.45, 7) is 1.39. The quantitative estimate of drug-likeness (QED) is 0.605. The van der Waals surface area contributed by atoms with Crippen molar-refractivity contribution in [3.05, 3.63) is 24.3 Å². The summed E-state index contributed by atoms with van der Waals surface area (Å²) in [5.41, 5.74) is 0. The first-order valence-corrected chi connectivity index (χ1v) is 4.24. The summed E-state index contributed by atoms with van der Waals surface area (Å²) in [4.78, 5) is 23.6. The molecule has 1 unspecified atom stereocenters. The molecule has 13 heavy (non-hydrogen) atoms. The average molecular weight is 179 g/mol. The van der Waals surface area contributed by atoms with E-state index in [0.717, 1.165) is 4.90 Å². The molecule has 3 heteroatoms. The van der Waals surface area contributed by atoms with Crippen LogP contribution in [0.2, 0.25) is 0 Å². The molecule has 0 spiro atoms. The van der Waals surface area contributed by atoms with Gasteiger partial charge in [-0.1, -0.05) is 24.3 Å². The van der Waals surface area contributed by atoms with Gasteiger partial charge in [-0.2, -0.15) is 0 Å². The predicted octanol–water partition coefficient (Wildman–Crippen LogP) is 1.12. The number of rotatable bonds is 1. The first kappa shape index (κ1) is 9.71. The standard InChI is InChI=1S/C10H13NO2/c1-8(12)11(2)10(13)9-6-4-3-5-7-9/h3-6,9H,7H2,1-2H3.